The minimum Gasteiger partial charge on any atom is -0.342 e. The molecular weight excluding hydrogens is 574 g/mol. The molecule has 2 saturated heterocycles. The molecule has 1 unspecified atom stereocenters. The van der Waals surface area contributed by atoms with Gasteiger partial charge in [-0.2, -0.15) is 18.4 Å². The van der Waals surface area contributed by atoms with Gasteiger partial charge in [-0.15, -0.1) is 0 Å². The van der Waals surface area contributed by atoms with Gasteiger partial charge in [0, 0.05) is 44.5 Å². The zero-order chi connectivity index (χ0) is 31.3. The van der Waals surface area contributed by atoms with E-state index in [0.29, 0.717) is 50.2 Å². The van der Waals surface area contributed by atoms with Crippen LogP contribution < -0.4 is 5.32 Å². The van der Waals surface area contributed by atoms with Gasteiger partial charge in [0.1, 0.15) is 5.82 Å². The maximum absolute atomic E-state index is 13.9. The lowest BCUT2D eigenvalue weighted by Crippen LogP contribution is -2.50. The molecule has 3 aliphatic rings. The van der Waals surface area contributed by atoms with Crippen molar-refractivity contribution >= 4 is 17.6 Å². The van der Waals surface area contributed by atoms with Crippen molar-refractivity contribution in [2.24, 2.45) is 5.92 Å². The summed E-state index contributed by atoms with van der Waals surface area (Å²) in [5.74, 6) is -1.01. The van der Waals surface area contributed by atoms with Gasteiger partial charge in [0.25, 0.3) is 0 Å². The minimum absolute atomic E-state index is 0.0660. The fraction of sp³-hybridized carbons (Fsp3) is 0.545. The Balaban J connectivity index is 1.27. The van der Waals surface area contributed by atoms with Gasteiger partial charge in [0.15, 0.2) is 0 Å². The van der Waals surface area contributed by atoms with Gasteiger partial charge in [-0.05, 0) is 99.7 Å². The Hall–Kier alpha value is -3.65. The normalized spacial score (nSPS) is 22.8. The van der Waals surface area contributed by atoms with Crippen LogP contribution in [0.3, 0.4) is 0 Å². The number of likely N-dealkylation sites (tertiary alicyclic amines) is 2. The first kappa shape index (κ1) is 31.8. The molecule has 236 valence electrons. The highest BCUT2D eigenvalue weighted by Crippen LogP contribution is 2.36. The van der Waals surface area contributed by atoms with Gasteiger partial charge < -0.3 is 20.0 Å². The van der Waals surface area contributed by atoms with Gasteiger partial charge in [-0.1, -0.05) is 12.1 Å². The zero-order valence-electron chi connectivity index (χ0n) is 24.8. The number of alkyl halides is 3. The van der Waals surface area contributed by atoms with Crippen LogP contribution in [0.1, 0.15) is 74.0 Å². The number of hydrogen-bond acceptors (Lipinski definition) is 4. The summed E-state index contributed by atoms with van der Waals surface area (Å²) in [6.07, 6.45) is 1.92. The monoisotopic (exact) mass is 613 g/mol. The molecule has 7 nitrogen and oxygen atoms in total. The number of hydrogen-bond donors (Lipinski definition) is 1. The maximum Gasteiger partial charge on any atom is 0.419 e. The largest absolute Gasteiger partial charge is 0.419 e. The number of nitriles is 1. The second kappa shape index (κ2) is 14.0. The van der Waals surface area contributed by atoms with Crippen LogP contribution >= 0.6 is 0 Å². The standard InChI is InChI=1S/C33H39F4N5O2/c34-30-13-10-27(20-29(30)33(35,36)37)39-32(44)42(28-11-8-24(9-12-28)25-6-3-5-23(19-25)21-38)18-17-40-14-4-7-26(22-40)31(43)41-15-1-2-16-41/h3,5-6,10,13,19-20,24,26,28H,1-2,4,7-9,11-12,14-18,22H2,(H,39,44)/t24-,26?,28+. The molecule has 3 amide bonds. The molecule has 0 aromatic heterocycles. The van der Waals surface area contributed by atoms with Gasteiger partial charge >= 0.3 is 12.2 Å². The molecule has 2 heterocycles. The van der Waals surface area contributed by atoms with Crippen molar-refractivity contribution < 1.29 is 27.2 Å². The molecule has 1 saturated carbocycles. The molecule has 3 fully saturated rings. The average Bonchev–Trinajstić information content (AvgIpc) is 3.57. The summed E-state index contributed by atoms with van der Waals surface area (Å²) in [5, 5.41) is 11.9. The van der Waals surface area contributed by atoms with E-state index < -0.39 is 23.6 Å². The van der Waals surface area contributed by atoms with Gasteiger partial charge in [-0.3, -0.25) is 4.79 Å². The van der Waals surface area contributed by atoms with Crippen LogP contribution in [0.2, 0.25) is 0 Å². The number of benzene rings is 2. The SMILES string of the molecule is N#Cc1cccc([C@H]2CC[C@@H](N(CCN3CCCC(C(=O)N4CCCC4)C3)C(=O)Nc3ccc(F)c(C(F)(F)F)c3)CC2)c1. The third-order valence-corrected chi connectivity index (χ3v) is 9.34. The Labute approximate surface area is 255 Å². The van der Waals surface area contributed by atoms with Crippen LogP contribution in [0.25, 0.3) is 0 Å². The van der Waals surface area contributed by atoms with Crippen LogP contribution in [0.5, 0.6) is 0 Å². The average molecular weight is 614 g/mol. The van der Waals surface area contributed by atoms with Crippen molar-refractivity contribution in [3.05, 3.63) is 65.0 Å². The number of nitrogens with zero attached hydrogens (tertiary/aromatic N) is 4. The van der Waals surface area contributed by atoms with E-state index >= 15 is 0 Å². The topological polar surface area (TPSA) is 79.7 Å². The number of carbonyl (C=O) groups excluding carboxylic acids is 2. The zero-order valence-corrected chi connectivity index (χ0v) is 24.8. The van der Waals surface area contributed by atoms with E-state index in [1.807, 2.05) is 23.1 Å². The van der Waals surface area contributed by atoms with Crippen LogP contribution in [-0.4, -0.2) is 71.9 Å². The number of anilines is 1. The van der Waals surface area contributed by atoms with E-state index in [9.17, 15) is 32.4 Å². The van der Waals surface area contributed by atoms with Crippen molar-refractivity contribution in [1.82, 2.24) is 14.7 Å². The fourth-order valence-electron chi connectivity index (χ4n) is 6.95. The quantitative estimate of drug-likeness (QED) is 0.357. The molecule has 1 aliphatic carbocycles. The second-order valence-corrected chi connectivity index (χ2v) is 12.2. The molecule has 5 rings (SSSR count). The Morgan fingerprint density at radius 1 is 0.977 bits per heavy atom. The predicted molar refractivity (Wildman–Crippen MR) is 158 cm³/mol. The van der Waals surface area contributed by atoms with Crippen molar-refractivity contribution in [2.45, 2.75) is 69.5 Å². The summed E-state index contributed by atoms with van der Waals surface area (Å²) in [5.41, 5.74) is 0.145. The molecule has 2 aromatic carbocycles. The molecule has 2 aromatic rings. The predicted octanol–water partition coefficient (Wildman–Crippen LogP) is 6.61. The molecule has 44 heavy (non-hydrogen) atoms. The highest BCUT2D eigenvalue weighted by Gasteiger charge is 2.36. The molecule has 0 radical (unpaired) electrons. The lowest BCUT2D eigenvalue weighted by Gasteiger charge is -2.39. The van der Waals surface area contributed by atoms with E-state index in [-0.39, 0.29) is 29.5 Å². The first-order valence-corrected chi connectivity index (χ1v) is 15.6. The third kappa shape index (κ3) is 7.70. The third-order valence-electron chi connectivity index (χ3n) is 9.34. The summed E-state index contributed by atoms with van der Waals surface area (Å²) < 4.78 is 53.9. The minimum atomic E-state index is -4.89. The summed E-state index contributed by atoms with van der Waals surface area (Å²) in [4.78, 5) is 32.6. The molecular formula is C33H39F4N5O2. The van der Waals surface area contributed by atoms with Crippen molar-refractivity contribution in [3.63, 3.8) is 0 Å². The summed E-state index contributed by atoms with van der Waals surface area (Å²) in [6, 6.07) is 11.6. The molecule has 11 heteroatoms. The Morgan fingerprint density at radius 3 is 2.43 bits per heavy atom. The van der Waals surface area contributed by atoms with E-state index in [2.05, 4.69) is 16.3 Å². The van der Waals surface area contributed by atoms with E-state index in [4.69, 9.17) is 0 Å². The number of rotatable bonds is 7. The smallest absolute Gasteiger partial charge is 0.342 e. The molecule has 1 atom stereocenters. The van der Waals surface area contributed by atoms with Crippen molar-refractivity contribution in [3.8, 4) is 6.07 Å². The van der Waals surface area contributed by atoms with Crippen LogP contribution in [-0.2, 0) is 11.0 Å². The summed E-state index contributed by atoms with van der Waals surface area (Å²) >= 11 is 0. The first-order valence-electron chi connectivity index (χ1n) is 15.6. The van der Waals surface area contributed by atoms with Crippen molar-refractivity contribution in [1.29, 1.82) is 5.26 Å². The molecule has 0 spiro atoms. The number of nitrogens with one attached hydrogen (secondary N) is 1. The number of amides is 3. The lowest BCUT2D eigenvalue weighted by atomic mass is 9.81. The molecule has 2 aliphatic heterocycles. The maximum atomic E-state index is 13.9. The number of halogens is 4. The van der Waals surface area contributed by atoms with Gasteiger partial charge in [0.05, 0.1) is 23.1 Å². The first-order chi connectivity index (χ1) is 21.1. The summed E-state index contributed by atoms with van der Waals surface area (Å²) in [7, 11) is 0. The Bertz CT molecular complexity index is 1360. The number of urea groups is 1. The summed E-state index contributed by atoms with van der Waals surface area (Å²) in [6.45, 7) is 3.95. The molecule has 1 N–H and O–H groups in total. The fourth-order valence-corrected chi connectivity index (χ4v) is 6.95. The van der Waals surface area contributed by atoms with E-state index in [0.717, 1.165) is 69.8 Å². The Morgan fingerprint density at radius 2 is 1.73 bits per heavy atom. The van der Waals surface area contributed by atoms with Gasteiger partial charge in [0.2, 0.25) is 5.91 Å². The molecule has 0 bridgehead atoms. The second-order valence-electron chi connectivity index (χ2n) is 12.2. The Kier molecular flexibility index (Phi) is 10.1. The van der Waals surface area contributed by atoms with Crippen LogP contribution in [0.4, 0.5) is 28.0 Å². The number of piperidine rings is 1. The number of carbonyl (C=O) groups is 2. The van der Waals surface area contributed by atoms with E-state index in [1.165, 1.54) is 0 Å². The van der Waals surface area contributed by atoms with Gasteiger partial charge in [-0.25, -0.2) is 9.18 Å². The van der Waals surface area contributed by atoms with E-state index in [1.54, 1.807) is 11.0 Å². The van der Waals surface area contributed by atoms with Crippen LogP contribution in [0.15, 0.2) is 42.5 Å². The highest BCUT2D eigenvalue weighted by atomic mass is 19.4. The lowest BCUT2D eigenvalue weighted by molar-refractivity contribution is -0.140. The highest BCUT2D eigenvalue weighted by molar-refractivity contribution is 5.89. The van der Waals surface area contributed by atoms with Crippen LogP contribution in [0, 0.1) is 23.1 Å². The van der Waals surface area contributed by atoms with Crippen molar-refractivity contribution in [2.75, 3.05) is 44.6 Å².